The van der Waals surface area contributed by atoms with Gasteiger partial charge >= 0.3 is 0 Å². The van der Waals surface area contributed by atoms with Crippen molar-refractivity contribution in [2.75, 3.05) is 33.4 Å². The third kappa shape index (κ3) is 4.01. The van der Waals surface area contributed by atoms with Crippen molar-refractivity contribution in [3.8, 4) is 0 Å². The lowest BCUT2D eigenvalue weighted by molar-refractivity contribution is -0.0120. The van der Waals surface area contributed by atoms with E-state index in [4.69, 9.17) is 15.2 Å². The highest BCUT2D eigenvalue weighted by molar-refractivity contribution is 7.89. The first-order valence-electron chi connectivity index (χ1n) is 6.86. The van der Waals surface area contributed by atoms with Crippen LogP contribution >= 0.6 is 0 Å². The minimum absolute atomic E-state index is 0.143. The van der Waals surface area contributed by atoms with Crippen LogP contribution in [0.15, 0.2) is 17.3 Å². The fourth-order valence-corrected chi connectivity index (χ4v) is 3.20. The van der Waals surface area contributed by atoms with Crippen molar-refractivity contribution in [3.63, 3.8) is 0 Å². The molecule has 0 bridgehead atoms. The van der Waals surface area contributed by atoms with Gasteiger partial charge in [0, 0.05) is 39.4 Å². The summed E-state index contributed by atoms with van der Waals surface area (Å²) in [5, 5.41) is 4.02. The summed E-state index contributed by atoms with van der Waals surface area (Å²) >= 11 is 0. The number of ether oxygens (including phenoxy) is 2. The summed E-state index contributed by atoms with van der Waals surface area (Å²) in [6.07, 6.45) is 4.26. The summed E-state index contributed by atoms with van der Waals surface area (Å²) in [4.78, 5) is 0.143. The predicted octanol–water partition coefficient (Wildman–Crippen LogP) is -0.684. The molecule has 1 atom stereocenters. The molecule has 1 saturated heterocycles. The standard InChI is InChI=1S/C12H22N4O4S/c1-19-12(3-6-20-10-12)9-15-21(17,18)11-7-14-16(8-11)5-2-4-13/h7-8,15H,2-6,9-10,13H2,1H3. The Balaban J connectivity index is 1.99. The summed E-state index contributed by atoms with van der Waals surface area (Å²) in [5.74, 6) is 0. The van der Waals surface area contributed by atoms with Crippen molar-refractivity contribution in [2.24, 2.45) is 5.73 Å². The summed E-state index contributed by atoms with van der Waals surface area (Å²) in [6, 6.07) is 0. The smallest absolute Gasteiger partial charge is 0.243 e. The first kappa shape index (κ1) is 16.4. The summed E-state index contributed by atoms with van der Waals surface area (Å²) in [7, 11) is -2.04. The molecule has 0 aromatic carbocycles. The number of hydrogen-bond acceptors (Lipinski definition) is 6. The van der Waals surface area contributed by atoms with Gasteiger partial charge in [-0.15, -0.1) is 0 Å². The van der Waals surface area contributed by atoms with E-state index in [-0.39, 0.29) is 11.4 Å². The second-order valence-corrected chi connectivity index (χ2v) is 6.86. The van der Waals surface area contributed by atoms with Crippen LogP contribution in [-0.2, 0) is 26.0 Å². The average molecular weight is 318 g/mol. The molecule has 0 amide bonds. The first-order valence-corrected chi connectivity index (χ1v) is 8.35. The Kier molecular flexibility index (Phi) is 5.33. The molecular formula is C12H22N4O4S. The van der Waals surface area contributed by atoms with E-state index in [1.165, 1.54) is 12.4 Å². The number of rotatable bonds is 8. The monoisotopic (exact) mass is 318 g/mol. The molecule has 1 aliphatic rings. The van der Waals surface area contributed by atoms with E-state index in [0.717, 1.165) is 6.42 Å². The molecule has 0 radical (unpaired) electrons. The quantitative estimate of drug-likeness (QED) is 0.657. The van der Waals surface area contributed by atoms with E-state index in [2.05, 4.69) is 9.82 Å². The second-order valence-electron chi connectivity index (χ2n) is 5.10. The fourth-order valence-electron chi connectivity index (χ4n) is 2.13. The van der Waals surface area contributed by atoms with Crippen molar-refractivity contribution in [1.29, 1.82) is 0 Å². The number of aromatic nitrogens is 2. The lowest BCUT2D eigenvalue weighted by atomic mass is 10.0. The molecule has 8 nitrogen and oxygen atoms in total. The minimum atomic E-state index is -3.60. The maximum atomic E-state index is 12.2. The van der Waals surface area contributed by atoms with E-state index in [1.807, 2.05) is 0 Å². The van der Waals surface area contributed by atoms with E-state index in [1.54, 1.807) is 11.8 Å². The van der Waals surface area contributed by atoms with Gasteiger partial charge in [-0.1, -0.05) is 0 Å². The zero-order valence-electron chi connectivity index (χ0n) is 12.1. The molecule has 1 aromatic rings. The summed E-state index contributed by atoms with van der Waals surface area (Å²) in [5.41, 5.74) is 4.84. The van der Waals surface area contributed by atoms with Crippen LogP contribution in [0, 0.1) is 0 Å². The lowest BCUT2D eigenvalue weighted by Crippen LogP contribution is -2.44. The molecule has 0 aliphatic carbocycles. The molecular weight excluding hydrogens is 296 g/mol. The largest absolute Gasteiger partial charge is 0.378 e. The van der Waals surface area contributed by atoms with Crippen molar-refractivity contribution in [3.05, 3.63) is 12.4 Å². The molecule has 2 heterocycles. The molecule has 120 valence electrons. The van der Waals surface area contributed by atoms with Crippen LogP contribution in [0.4, 0.5) is 0 Å². The van der Waals surface area contributed by atoms with Crippen LogP contribution in [0.25, 0.3) is 0 Å². The second kappa shape index (κ2) is 6.84. The molecule has 9 heteroatoms. The van der Waals surface area contributed by atoms with Gasteiger partial charge in [0.2, 0.25) is 10.0 Å². The van der Waals surface area contributed by atoms with Crippen molar-refractivity contribution < 1.29 is 17.9 Å². The highest BCUT2D eigenvalue weighted by Crippen LogP contribution is 2.22. The number of nitrogens with zero attached hydrogens (tertiary/aromatic N) is 2. The fraction of sp³-hybridized carbons (Fsp3) is 0.750. The van der Waals surface area contributed by atoms with Gasteiger partial charge in [-0.25, -0.2) is 13.1 Å². The van der Waals surface area contributed by atoms with Crippen molar-refractivity contribution in [2.45, 2.75) is 29.9 Å². The Morgan fingerprint density at radius 3 is 3.05 bits per heavy atom. The average Bonchev–Trinajstić information content (AvgIpc) is 3.13. The maximum absolute atomic E-state index is 12.2. The van der Waals surface area contributed by atoms with Gasteiger partial charge in [-0.2, -0.15) is 5.10 Å². The molecule has 1 unspecified atom stereocenters. The van der Waals surface area contributed by atoms with Crippen LogP contribution in [-0.4, -0.2) is 57.2 Å². The minimum Gasteiger partial charge on any atom is -0.378 e. The highest BCUT2D eigenvalue weighted by atomic mass is 32.2. The van der Waals surface area contributed by atoms with Crippen molar-refractivity contribution in [1.82, 2.24) is 14.5 Å². The summed E-state index contributed by atoms with van der Waals surface area (Å²) in [6.45, 7) is 2.28. The Labute approximate surface area is 124 Å². The van der Waals surface area contributed by atoms with Gasteiger partial charge in [0.05, 0.1) is 12.8 Å². The zero-order valence-corrected chi connectivity index (χ0v) is 12.9. The molecule has 0 saturated carbocycles. The van der Waals surface area contributed by atoms with Gasteiger partial charge in [0.15, 0.2) is 0 Å². The molecule has 1 aromatic heterocycles. The third-order valence-electron chi connectivity index (χ3n) is 3.60. The van der Waals surface area contributed by atoms with Gasteiger partial charge in [-0.05, 0) is 13.0 Å². The third-order valence-corrected chi connectivity index (χ3v) is 4.95. The molecule has 2 rings (SSSR count). The van der Waals surface area contributed by atoms with Gasteiger partial charge in [0.1, 0.15) is 10.5 Å². The van der Waals surface area contributed by atoms with E-state index >= 15 is 0 Å². The number of nitrogens with two attached hydrogens (primary N) is 1. The van der Waals surface area contributed by atoms with Crippen LogP contribution in [0.3, 0.4) is 0 Å². The number of sulfonamides is 1. The first-order chi connectivity index (χ1) is 10.0. The summed E-state index contributed by atoms with van der Waals surface area (Å²) < 4.78 is 39.3. The van der Waals surface area contributed by atoms with Gasteiger partial charge in [0.25, 0.3) is 0 Å². The van der Waals surface area contributed by atoms with Gasteiger partial charge in [-0.3, -0.25) is 4.68 Å². The van der Waals surface area contributed by atoms with E-state index in [9.17, 15) is 8.42 Å². The molecule has 3 N–H and O–H groups in total. The molecule has 1 fully saturated rings. The number of methoxy groups -OCH3 is 1. The molecule has 1 aliphatic heterocycles. The molecule has 0 spiro atoms. The van der Waals surface area contributed by atoms with E-state index in [0.29, 0.717) is 32.7 Å². The Bertz CT molecular complexity index is 551. The number of hydrogen-bond donors (Lipinski definition) is 2. The number of aryl methyl sites for hydroxylation is 1. The Morgan fingerprint density at radius 2 is 2.43 bits per heavy atom. The normalized spacial score (nSPS) is 22.8. The topological polar surface area (TPSA) is 108 Å². The van der Waals surface area contributed by atoms with Crippen LogP contribution in [0.5, 0.6) is 0 Å². The van der Waals surface area contributed by atoms with Crippen LogP contribution < -0.4 is 10.5 Å². The SMILES string of the molecule is COC1(CNS(=O)(=O)c2cnn(CCCN)c2)CCOC1. The Morgan fingerprint density at radius 1 is 1.62 bits per heavy atom. The zero-order chi connectivity index (χ0) is 15.3. The van der Waals surface area contributed by atoms with Crippen LogP contribution in [0.2, 0.25) is 0 Å². The molecule has 21 heavy (non-hydrogen) atoms. The Hall–Kier alpha value is -1.00. The van der Waals surface area contributed by atoms with Crippen molar-refractivity contribution >= 4 is 10.0 Å². The maximum Gasteiger partial charge on any atom is 0.243 e. The number of nitrogens with one attached hydrogen (secondary N) is 1. The lowest BCUT2D eigenvalue weighted by Gasteiger charge is -2.25. The van der Waals surface area contributed by atoms with Gasteiger partial charge < -0.3 is 15.2 Å². The van der Waals surface area contributed by atoms with Crippen LogP contribution in [0.1, 0.15) is 12.8 Å². The highest BCUT2D eigenvalue weighted by Gasteiger charge is 2.36. The predicted molar refractivity (Wildman–Crippen MR) is 76.3 cm³/mol. The van der Waals surface area contributed by atoms with E-state index < -0.39 is 15.6 Å².